The number of rotatable bonds is 4. The van der Waals surface area contributed by atoms with Crippen molar-refractivity contribution in [2.24, 2.45) is 0 Å². The summed E-state index contributed by atoms with van der Waals surface area (Å²) in [5, 5.41) is 16.0. The highest BCUT2D eigenvalue weighted by atomic mass is 32.1. The molecule has 0 atom stereocenters. The molecule has 0 aliphatic carbocycles. The maximum Gasteiger partial charge on any atom is 0.304 e. The molecule has 2 aromatic rings. The number of carbonyl (C=O) groups excluding carboxylic acids is 1. The van der Waals surface area contributed by atoms with E-state index in [0.29, 0.717) is 0 Å². The number of hydrogen-bond acceptors (Lipinski definition) is 6. The third-order valence-electron chi connectivity index (χ3n) is 2.38. The van der Waals surface area contributed by atoms with Gasteiger partial charge in [0.05, 0.1) is 11.5 Å². The number of nitrogens with one attached hydrogen (secondary N) is 1. The van der Waals surface area contributed by atoms with E-state index >= 15 is 0 Å². The van der Waals surface area contributed by atoms with Gasteiger partial charge in [-0.1, -0.05) is 6.07 Å². The van der Waals surface area contributed by atoms with Crippen molar-refractivity contribution in [3.8, 4) is 0 Å². The van der Waals surface area contributed by atoms with Crippen LogP contribution in [0.15, 0.2) is 29.8 Å². The van der Waals surface area contributed by atoms with Crippen LogP contribution in [0.25, 0.3) is 0 Å². The second-order valence-electron chi connectivity index (χ2n) is 3.61. The van der Waals surface area contributed by atoms with E-state index in [1.54, 1.807) is 11.6 Å². The predicted octanol–water partition coefficient (Wildman–Crippen LogP) is 1.56. The van der Waals surface area contributed by atoms with Crippen molar-refractivity contribution >= 4 is 28.6 Å². The zero-order valence-corrected chi connectivity index (χ0v) is 10.5. The fraction of sp³-hybridized carbons (Fsp3) is 0.0909. The topological polar surface area (TPSA) is 111 Å². The van der Waals surface area contributed by atoms with Gasteiger partial charge in [-0.05, 0) is 12.1 Å². The van der Waals surface area contributed by atoms with E-state index in [2.05, 4.69) is 10.3 Å². The van der Waals surface area contributed by atoms with Crippen LogP contribution in [0.5, 0.6) is 0 Å². The molecule has 3 N–H and O–H groups in total. The number of amides is 1. The lowest BCUT2D eigenvalue weighted by Gasteiger charge is -2.05. The second-order valence-corrected chi connectivity index (χ2v) is 4.59. The zero-order valence-electron chi connectivity index (χ0n) is 9.70. The molecule has 1 amide bonds. The summed E-state index contributed by atoms with van der Waals surface area (Å²) in [6, 6.07) is 4.25. The normalized spacial score (nSPS) is 10.1. The van der Waals surface area contributed by atoms with E-state index in [4.69, 9.17) is 5.73 Å². The van der Waals surface area contributed by atoms with Crippen molar-refractivity contribution in [1.82, 2.24) is 10.3 Å². The summed E-state index contributed by atoms with van der Waals surface area (Å²) in [6.07, 6.45) is 1.62. The summed E-state index contributed by atoms with van der Waals surface area (Å²) in [6.45, 7) is 0.225. The summed E-state index contributed by atoms with van der Waals surface area (Å²) in [5.41, 5.74) is 5.05. The van der Waals surface area contributed by atoms with Gasteiger partial charge < -0.3 is 11.1 Å². The smallest absolute Gasteiger partial charge is 0.304 e. The number of para-hydroxylation sites is 1. The Bertz CT molecular complexity index is 612. The average molecular weight is 278 g/mol. The molecule has 0 aliphatic rings. The quantitative estimate of drug-likeness (QED) is 0.501. The lowest BCUT2D eigenvalue weighted by Crippen LogP contribution is -2.23. The number of anilines is 1. The summed E-state index contributed by atoms with van der Waals surface area (Å²) in [7, 11) is 0. The molecule has 7 nitrogen and oxygen atoms in total. The van der Waals surface area contributed by atoms with E-state index < -0.39 is 10.8 Å². The number of benzene rings is 1. The molecule has 1 heterocycles. The van der Waals surface area contributed by atoms with Crippen LogP contribution in [0.4, 0.5) is 11.4 Å². The number of nitrogens with zero attached hydrogens (tertiary/aromatic N) is 2. The third kappa shape index (κ3) is 2.86. The maximum atomic E-state index is 11.9. The number of nitrogens with two attached hydrogens (primary N) is 1. The van der Waals surface area contributed by atoms with Crippen LogP contribution in [0, 0.1) is 10.1 Å². The van der Waals surface area contributed by atoms with E-state index in [-0.39, 0.29) is 23.5 Å². The molecular formula is C11H10N4O3S. The van der Waals surface area contributed by atoms with Gasteiger partial charge in [-0.2, -0.15) is 0 Å². The first-order valence-electron chi connectivity index (χ1n) is 5.29. The molecule has 0 saturated carbocycles. The molecular weight excluding hydrogens is 268 g/mol. The lowest BCUT2D eigenvalue weighted by molar-refractivity contribution is -0.384. The Kier molecular flexibility index (Phi) is 3.71. The largest absolute Gasteiger partial charge is 0.393 e. The minimum absolute atomic E-state index is 0.0353. The van der Waals surface area contributed by atoms with Crippen molar-refractivity contribution in [2.75, 3.05) is 5.73 Å². The number of nitro benzene ring substituents is 1. The van der Waals surface area contributed by atoms with Crippen LogP contribution < -0.4 is 11.1 Å². The fourth-order valence-corrected chi connectivity index (χ4v) is 2.10. The first-order chi connectivity index (χ1) is 9.09. The lowest BCUT2D eigenvalue weighted by atomic mass is 10.1. The highest BCUT2D eigenvalue weighted by Crippen LogP contribution is 2.25. The molecule has 98 valence electrons. The van der Waals surface area contributed by atoms with Gasteiger partial charge >= 0.3 is 5.69 Å². The number of nitro groups is 1. The van der Waals surface area contributed by atoms with Crippen molar-refractivity contribution in [3.05, 3.63) is 50.5 Å². The number of aromatic nitrogens is 1. The summed E-state index contributed by atoms with van der Waals surface area (Å²) in [5.74, 6) is -0.547. The molecule has 8 heteroatoms. The van der Waals surface area contributed by atoms with Crippen LogP contribution in [0.3, 0.4) is 0 Å². The Morgan fingerprint density at radius 1 is 1.53 bits per heavy atom. The molecule has 1 aromatic carbocycles. The number of thiazole rings is 1. The maximum absolute atomic E-state index is 11.9. The molecule has 0 fully saturated rings. The summed E-state index contributed by atoms with van der Waals surface area (Å²) >= 11 is 1.39. The molecule has 0 radical (unpaired) electrons. The highest BCUT2D eigenvalue weighted by Gasteiger charge is 2.22. The van der Waals surface area contributed by atoms with E-state index in [1.165, 1.54) is 29.5 Å². The van der Waals surface area contributed by atoms with Crippen LogP contribution in [0.2, 0.25) is 0 Å². The second kappa shape index (κ2) is 5.44. The fourth-order valence-electron chi connectivity index (χ4n) is 1.54. The molecule has 0 saturated heterocycles. The van der Waals surface area contributed by atoms with E-state index in [1.807, 2.05) is 0 Å². The zero-order chi connectivity index (χ0) is 13.8. The Balaban J connectivity index is 2.19. The van der Waals surface area contributed by atoms with Gasteiger partial charge in [0.1, 0.15) is 16.3 Å². The number of hydrogen-bond donors (Lipinski definition) is 2. The molecule has 1 aromatic heterocycles. The first kappa shape index (κ1) is 13.0. The summed E-state index contributed by atoms with van der Waals surface area (Å²) in [4.78, 5) is 26.2. The molecule has 0 spiro atoms. The molecule has 19 heavy (non-hydrogen) atoms. The molecule has 0 unspecified atom stereocenters. The van der Waals surface area contributed by atoms with Crippen LogP contribution in [0.1, 0.15) is 15.4 Å². The Labute approximate surface area is 112 Å². The monoisotopic (exact) mass is 278 g/mol. The SMILES string of the molecule is Nc1cccc(C(=O)NCc2nccs2)c1[N+](=O)[O-]. The molecule has 0 bridgehead atoms. The van der Waals surface area contributed by atoms with Gasteiger partial charge in [0.25, 0.3) is 5.91 Å². The standard InChI is InChI=1S/C11H10N4O3S/c12-8-3-1-2-7(10(8)15(17)18)11(16)14-6-9-13-4-5-19-9/h1-5H,6,12H2,(H,14,16). The Morgan fingerprint density at radius 2 is 2.32 bits per heavy atom. The van der Waals surface area contributed by atoms with E-state index in [9.17, 15) is 14.9 Å². The number of carbonyl (C=O) groups is 1. The first-order valence-corrected chi connectivity index (χ1v) is 6.17. The minimum atomic E-state index is -0.659. The van der Waals surface area contributed by atoms with Crippen molar-refractivity contribution in [3.63, 3.8) is 0 Å². The van der Waals surface area contributed by atoms with Crippen LogP contribution in [-0.4, -0.2) is 15.8 Å². The van der Waals surface area contributed by atoms with Gasteiger partial charge in [-0.25, -0.2) is 4.98 Å². The van der Waals surface area contributed by atoms with Crippen LogP contribution in [-0.2, 0) is 6.54 Å². The highest BCUT2D eigenvalue weighted by molar-refractivity contribution is 7.09. The van der Waals surface area contributed by atoms with Crippen molar-refractivity contribution in [1.29, 1.82) is 0 Å². The molecule has 0 aliphatic heterocycles. The van der Waals surface area contributed by atoms with Crippen molar-refractivity contribution < 1.29 is 9.72 Å². The van der Waals surface area contributed by atoms with Gasteiger partial charge in [0.15, 0.2) is 0 Å². The Hall–Kier alpha value is -2.48. The molecule has 2 rings (SSSR count). The summed E-state index contributed by atoms with van der Waals surface area (Å²) < 4.78 is 0. The predicted molar refractivity (Wildman–Crippen MR) is 70.8 cm³/mol. The van der Waals surface area contributed by atoms with E-state index in [0.717, 1.165) is 5.01 Å². The van der Waals surface area contributed by atoms with Crippen molar-refractivity contribution in [2.45, 2.75) is 6.54 Å². The van der Waals surface area contributed by atoms with Gasteiger partial charge in [0, 0.05) is 11.6 Å². The van der Waals surface area contributed by atoms with Gasteiger partial charge in [0.2, 0.25) is 0 Å². The average Bonchev–Trinajstić information content (AvgIpc) is 2.88. The Morgan fingerprint density at radius 3 is 2.95 bits per heavy atom. The number of nitrogen functional groups attached to an aromatic ring is 1. The van der Waals surface area contributed by atoms with Gasteiger partial charge in [-0.15, -0.1) is 11.3 Å². The van der Waals surface area contributed by atoms with Crippen LogP contribution >= 0.6 is 11.3 Å². The third-order valence-corrected chi connectivity index (χ3v) is 3.16. The minimum Gasteiger partial charge on any atom is -0.393 e. The van der Waals surface area contributed by atoms with Gasteiger partial charge in [-0.3, -0.25) is 14.9 Å².